The van der Waals surface area contributed by atoms with Gasteiger partial charge in [-0.1, -0.05) is 0 Å². The molecule has 2 aromatic rings. The minimum atomic E-state index is -0.102. The molecule has 0 aromatic carbocycles. The first kappa shape index (κ1) is 9.18. The van der Waals surface area contributed by atoms with E-state index < -0.39 is 0 Å². The average molecular weight is 191 g/mol. The van der Waals surface area contributed by atoms with Crippen molar-refractivity contribution in [3.8, 4) is 0 Å². The highest BCUT2D eigenvalue weighted by molar-refractivity contribution is 5.81. The van der Waals surface area contributed by atoms with Crippen molar-refractivity contribution in [1.29, 1.82) is 0 Å². The Morgan fingerprint density at radius 3 is 3.14 bits per heavy atom. The second kappa shape index (κ2) is 3.77. The molecule has 0 fully saturated rings. The maximum Gasteiger partial charge on any atom is 0.0734 e. The van der Waals surface area contributed by atoms with Crippen molar-refractivity contribution in [2.75, 3.05) is 13.7 Å². The smallest absolute Gasteiger partial charge is 0.0734 e. The van der Waals surface area contributed by atoms with Gasteiger partial charge in [0.15, 0.2) is 0 Å². The van der Waals surface area contributed by atoms with Crippen LogP contribution in [-0.4, -0.2) is 28.7 Å². The Bertz CT molecular complexity index is 420. The molecule has 0 amide bonds. The van der Waals surface area contributed by atoms with Gasteiger partial charge in [-0.25, -0.2) is 0 Å². The average Bonchev–Trinajstić information content (AvgIpc) is 2.68. The Kier molecular flexibility index (Phi) is 2.47. The lowest BCUT2D eigenvalue weighted by Crippen LogP contribution is -2.21. The number of nitrogens with zero attached hydrogens (tertiary/aromatic N) is 1. The van der Waals surface area contributed by atoms with E-state index in [4.69, 9.17) is 5.11 Å². The zero-order valence-electron chi connectivity index (χ0n) is 7.99. The molecular formula is C10H13N3O. The number of pyridine rings is 1. The Morgan fingerprint density at radius 2 is 2.43 bits per heavy atom. The minimum Gasteiger partial charge on any atom is -0.394 e. The number of hydrogen-bond acceptors (Lipinski definition) is 3. The van der Waals surface area contributed by atoms with E-state index >= 15 is 0 Å². The maximum atomic E-state index is 9.16. The number of aliphatic hydroxyl groups is 1. The van der Waals surface area contributed by atoms with Crippen LogP contribution in [-0.2, 0) is 0 Å². The van der Waals surface area contributed by atoms with Crippen LogP contribution < -0.4 is 5.32 Å². The molecule has 1 atom stereocenters. The van der Waals surface area contributed by atoms with Crippen LogP contribution in [0.1, 0.15) is 11.7 Å². The molecule has 4 nitrogen and oxygen atoms in total. The minimum absolute atomic E-state index is 0.0494. The molecule has 74 valence electrons. The van der Waals surface area contributed by atoms with E-state index in [9.17, 15) is 0 Å². The molecule has 2 rings (SSSR count). The Labute approximate surface area is 82.0 Å². The lowest BCUT2D eigenvalue weighted by Gasteiger charge is -2.12. The van der Waals surface area contributed by atoms with Crippen LogP contribution in [0.3, 0.4) is 0 Å². The highest BCUT2D eigenvalue weighted by Gasteiger charge is 2.12. The number of aliphatic hydroxyl groups excluding tert-OH is 1. The topological polar surface area (TPSA) is 60.9 Å². The zero-order valence-corrected chi connectivity index (χ0v) is 7.99. The van der Waals surface area contributed by atoms with Crippen LogP contribution in [0.15, 0.2) is 24.5 Å². The number of nitrogens with one attached hydrogen (secondary N) is 2. The molecule has 4 heteroatoms. The van der Waals surface area contributed by atoms with Gasteiger partial charge in [0.05, 0.1) is 18.3 Å². The van der Waals surface area contributed by atoms with E-state index in [1.54, 1.807) is 6.20 Å². The van der Waals surface area contributed by atoms with Gasteiger partial charge in [-0.15, -0.1) is 0 Å². The van der Waals surface area contributed by atoms with Crippen molar-refractivity contribution in [2.24, 2.45) is 0 Å². The van der Waals surface area contributed by atoms with E-state index in [-0.39, 0.29) is 12.6 Å². The van der Waals surface area contributed by atoms with Gasteiger partial charge in [-0.3, -0.25) is 4.98 Å². The highest BCUT2D eigenvalue weighted by atomic mass is 16.3. The summed E-state index contributed by atoms with van der Waals surface area (Å²) in [6.45, 7) is 0.0494. The predicted octanol–water partition coefficient (Wildman–Crippen LogP) is 0.816. The van der Waals surface area contributed by atoms with E-state index in [0.29, 0.717) is 0 Å². The lowest BCUT2D eigenvalue weighted by molar-refractivity contribution is 0.249. The molecule has 0 saturated carbocycles. The number of likely N-dealkylation sites (N-methyl/N-ethyl adjacent to an activating group) is 1. The molecule has 3 N–H and O–H groups in total. The fourth-order valence-electron chi connectivity index (χ4n) is 1.60. The summed E-state index contributed by atoms with van der Waals surface area (Å²) in [4.78, 5) is 7.39. The lowest BCUT2D eigenvalue weighted by atomic mass is 10.1. The molecule has 0 bridgehead atoms. The van der Waals surface area contributed by atoms with Crippen molar-refractivity contribution in [1.82, 2.24) is 15.3 Å². The van der Waals surface area contributed by atoms with Crippen LogP contribution in [0.4, 0.5) is 0 Å². The van der Waals surface area contributed by atoms with Crippen molar-refractivity contribution < 1.29 is 5.11 Å². The van der Waals surface area contributed by atoms with Gasteiger partial charge in [0.1, 0.15) is 0 Å². The molecular weight excluding hydrogens is 178 g/mol. The van der Waals surface area contributed by atoms with Crippen LogP contribution in [0, 0.1) is 0 Å². The molecule has 0 radical (unpaired) electrons. The van der Waals surface area contributed by atoms with Crippen molar-refractivity contribution in [2.45, 2.75) is 6.04 Å². The number of aromatic amines is 1. The summed E-state index contributed by atoms with van der Waals surface area (Å²) in [6.07, 6.45) is 3.62. The van der Waals surface area contributed by atoms with Gasteiger partial charge in [0.25, 0.3) is 0 Å². The first-order valence-corrected chi connectivity index (χ1v) is 4.57. The standard InChI is InChI=1S/C10H13N3O/c1-11-9(6-14)10-7-2-4-12-8(7)3-5-13-10/h2-5,9,11-12,14H,6H2,1H3. The third-order valence-electron chi connectivity index (χ3n) is 2.37. The highest BCUT2D eigenvalue weighted by Crippen LogP contribution is 2.20. The van der Waals surface area contributed by atoms with Crippen molar-refractivity contribution in [3.63, 3.8) is 0 Å². The fraction of sp³-hybridized carbons (Fsp3) is 0.300. The summed E-state index contributed by atoms with van der Waals surface area (Å²) in [5, 5.41) is 13.2. The quantitative estimate of drug-likeness (QED) is 0.673. The molecule has 2 aromatic heterocycles. The summed E-state index contributed by atoms with van der Waals surface area (Å²) in [5.41, 5.74) is 1.93. The fourth-order valence-corrected chi connectivity index (χ4v) is 1.60. The van der Waals surface area contributed by atoms with Gasteiger partial charge >= 0.3 is 0 Å². The number of hydrogen-bond donors (Lipinski definition) is 3. The molecule has 14 heavy (non-hydrogen) atoms. The molecule has 0 spiro atoms. The second-order valence-corrected chi connectivity index (χ2v) is 3.16. The van der Waals surface area contributed by atoms with Crippen LogP contribution in [0.25, 0.3) is 10.9 Å². The molecule has 1 unspecified atom stereocenters. The van der Waals surface area contributed by atoms with Crippen LogP contribution in [0.5, 0.6) is 0 Å². The summed E-state index contributed by atoms with van der Waals surface area (Å²) in [7, 11) is 1.81. The summed E-state index contributed by atoms with van der Waals surface area (Å²) in [5.74, 6) is 0. The van der Waals surface area contributed by atoms with E-state index in [0.717, 1.165) is 16.6 Å². The summed E-state index contributed by atoms with van der Waals surface area (Å²) < 4.78 is 0. The van der Waals surface area contributed by atoms with Gasteiger partial charge in [0.2, 0.25) is 0 Å². The normalized spacial score (nSPS) is 13.3. The number of fused-ring (bicyclic) bond motifs is 1. The first-order chi connectivity index (χ1) is 6.86. The third-order valence-corrected chi connectivity index (χ3v) is 2.37. The number of rotatable bonds is 3. The molecule has 0 aliphatic heterocycles. The zero-order chi connectivity index (χ0) is 9.97. The summed E-state index contributed by atoms with van der Waals surface area (Å²) in [6, 6.07) is 3.79. The number of aromatic nitrogens is 2. The largest absolute Gasteiger partial charge is 0.394 e. The Balaban J connectivity index is 2.54. The monoisotopic (exact) mass is 191 g/mol. The van der Waals surface area contributed by atoms with Crippen molar-refractivity contribution in [3.05, 3.63) is 30.2 Å². The van der Waals surface area contributed by atoms with Gasteiger partial charge < -0.3 is 15.4 Å². The second-order valence-electron chi connectivity index (χ2n) is 3.16. The molecule has 0 aliphatic carbocycles. The molecule has 2 heterocycles. The third kappa shape index (κ3) is 1.38. The van der Waals surface area contributed by atoms with E-state index in [2.05, 4.69) is 15.3 Å². The Hall–Kier alpha value is -1.39. The number of H-pyrrole nitrogens is 1. The first-order valence-electron chi connectivity index (χ1n) is 4.57. The molecule has 0 aliphatic rings. The summed E-state index contributed by atoms with van der Waals surface area (Å²) >= 11 is 0. The van der Waals surface area contributed by atoms with E-state index in [1.807, 2.05) is 25.4 Å². The van der Waals surface area contributed by atoms with Crippen molar-refractivity contribution >= 4 is 10.9 Å². The van der Waals surface area contributed by atoms with E-state index in [1.165, 1.54) is 0 Å². The molecule has 0 saturated heterocycles. The van der Waals surface area contributed by atoms with Gasteiger partial charge in [-0.2, -0.15) is 0 Å². The Morgan fingerprint density at radius 1 is 1.57 bits per heavy atom. The van der Waals surface area contributed by atoms with Crippen LogP contribution in [0.2, 0.25) is 0 Å². The SMILES string of the molecule is CNC(CO)c1nccc2[nH]ccc12. The maximum absolute atomic E-state index is 9.16. The van der Waals surface area contributed by atoms with Gasteiger partial charge in [-0.05, 0) is 19.2 Å². The predicted molar refractivity (Wildman–Crippen MR) is 55.0 cm³/mol. The van der Waals surface area contributed by atoms with Crippen LogP contribution >= 0.6 is 0 Å². The van der Waals surface area contributed by atoms with Gasteiger partial charge in [0, 0.05) is 23.3 Å².